The van der Waals surface area contributed by atoms with E-state index >= 15 is 0 Å². The third-order valence-electron chi connectivity index (χ3n) is 3.38. The molecule has 0 bridgehead atoms. The van der Waals surface area contributed by atoms with Gasteiger partial charge in [-0.15, -0.1) is 0 Å². The summed E-state index contributed by atoms with van der Waals surface area (Å²) in [6, 6.07) is 4.05. The van der Waals surface area contributed by atoms with Crippen LogP contribution in [0.2, 0.25) is 0 Å². The van der Waals surface area contributed by atoms with E-state index < -0.39 is 0 Å². The third kappa shape index (κ3) is 1.65. The number of hydrogen-bond donors (Lipinski definition) is 1. The fraction of sp³-hybridized carbons (Fsp3) is 0.143. The average Bonchev–Trinajstić information content (AvgIpc) is 3.05. The van der Waals surface area contributed by atoms with Crippen LogP contribution in [0.5, 0.6) is 0 Å². The van der Waals surface area contributed by atoms with Gasteiger partial charge in [0, 0.05) is 25.6 Å². The molecule has 6 heteroatoms. The molecule has 1 N–H and O–H groups in total. The summed E-state index contributed by atoms with van der Waals surface area (Å²) in [6.45, 7) is 0.575. The fourth-order valence-electron chi connectivity index (χ4n) is 2.35. The normalized spacial score (nSPS) is 13.3. The van der Waals surface area contributed by atoms with Gasteiger partial charge in [0.05, 0.1) is 35.2 Å². The van der Waals surface area contributed by atoms with E-state index in [0.29, 0.717) is 6.54 Å². The van der Waals surface area contributed by atoms with Crippen LogP contribution in [0.3, 0.4) is 0 Å². The summed E-state index contributed by atoms with van der Waals surface area (Å²) in [4.78, 5) is 17.5. The molecule has 0 saturated heterocycles. The van der Waals surface area contributed by atoms with E-state index in [4.69, 9.17) is 0 Å². The van der Waals surface area contributed by atoms with Gasteiger partial charge in [-0.1, -0.05) is 0 Å². The number of anilines is 1. The highest BCUT2D eigenvalue weighted by Gasteiger charge is 2.18. The van der Waals surface area contributed by atoms with Crippen molar-refractivity contribution in [2.24, 2.45) is 12.0 Å². The van der Waals surface area contributed by atoms with Gasteiger partial charge in [-0.2, -0.15) is 0 Å². The van der Waals surface area contributed by atoms with Crippen molar-refractivity contribution in [3.05, 3.63) is 48.3 Å². The lowest BCUT2D eigenvalue weighted by Crippen LogP contribution is -2.13. The summed E-state index contributed by atoms with van der Waals surface area (Å²) < 4.78 is 2.04. The smallest absolute Gasteiger partial charge is 0.154 e. The second-order valence-electron chi connectivity index (χ2n) is 4.70. The number of nitrogens with zero attached hydrogens (tertiary/aromatic N) is 5. The molecule has 20 heavy (non-hydrogen) atoms. The summed E-state index contributed by atoms with van der Waals surface area (Å²) >= 11 is 0. The zero-order valence-corrected chi connectivity index (χ0v) is 10.9. The first-order chi connectivity index (χ1) is 9.81. The van der Waals surface area contributed by atoms with E-state index in [-0.39, 0.29) is 0 Å². The summed E-state index contributed by atoms with van der Waals surface area (Å²) in [5.74, 6) is 0.753. The molecule has 6 nitrogen and oxygen atoms in total. The maximum Gasteiger partial charge on any atom is 0.154 e. The lowest BCUT2D eigenvalue weighted by molar-refractivity contribution is 0.968. The number of nitrogens with one attached hydrogen (secondary N) is 1. The van der Waals surface area contributed by atoms with Crippen LogP contribution in [0.4, 0.5) is 5.69 Å². The number of aromatic nitrogens is 4. The van der Waals surface area contributed by atoms with Crippen molar-refractivity contribution in [3.63, 3.8) is 0 Å². The van der Waals surface area contributed by atoms with Crippen LogP contribution >= 0.6 is 0 Å². The van der Waals surface area contributed by atoms with E-state index in [0.717, 1.165) is 33.9 Å². The van der Waals surface area contributed by atoms with Crippen LogP contribution < -0.4 is 5.32 Å². The number of fused-ring (bicyclic) bond motifs is 2. The Morgan fingerprint density at radius 3 is 3.05 bits per heavy atom. The second-order valence-corrected chi connectivity index (χ2v) is 4.70. The van der Waals surface area contributed by atoms with Crippen molar-refractivity contribution in [2.45, 2.75) is 6.54 Å². The van der Waals surface area contributed by atoms with Crippen LogP contribution in [0.25, 0.3) is 11.0 Å². The van der Waals surface area contributed by atoms with Crippen molar-refractivity contribution in [2.75, 3.05) is 5.32 Å². The molecule has 0 radical (unpaired) electrons. The lowest BCUT2D eigenvalue weighted by Gasteiger charge is -2.06. The van der Waals surface area contributed by atoms with Gasteiger partial charge >= 0.3 is 0 Å². The molecule has 0 unspecified atom stereocenters. The van der Waals surface area contributed by atoms with Crippen LogP contribution in [0.1, 0.15) is 11.4 Å². The highest BCUT2D eigenvalue weighted by Crippen LogP contribution is 2.20. The van der Waals surface area contributed by atoms with Crippen LogP contribution in [-0.2, 0) is 13.6 Å². The average molecular weight is 264 g/mol. The first-order valence-electron chi connectivity index (χ1n) is 6.34. The van der Waals surface area contributed by atoms with Gasteiger partial charge < -0.3 is 9.88 Å². The Bertz CT molecular complexity index is 833. The standard InChI is InChI=1S/C14H12N6/c1-20-5-2-10-12(20)6-9(7-17-10)19-14-13-11(8-18-14)15-3-4-16-13/h2-7H,8H2,1H3,(H,18,19). The molecule has 0 amide bonds. The van der Waals surface area contributed by atoms with E-state index in [9.17, 15) is 0 Å². The summed E-state index contributed by atoms with van der Waals surface area (Å²) in [6.07, 6.45) is 7.17. The summed E-state index contributed by atoms with van der Waals surface area (Å²) in [5.41, 5.74) is 4.68. The van der Waals surface area contributed by atoms with Gasteiger partial charge in [0.25, 0.3) is 0 Å². The van der Waals surface area contributed by atoms with Crippen molar-refractivity contribution < 1.29 is 0 Å². The fourth-order valence-corrected chi connectivity index (χ4v) is 2.35. The number of aryl methyl sites for hydroxylation is 1. The van der Waals surface area contributed by atoms with Gasteiger partial charge in [0.15, 0.2) is 5.84 Å². The number of amidine groups is 1. The topological polar surface area (TPSA) is 68.0 Å². The molecule has 4 heterocycles. The Balaban J connectivity index is 1.70. The van der Waals surface area contributed by atoms with Crippen molar-refractivity contribution >= 4 is 22.6 Å². The first-order valence-corrected chi connectivity index (χ1v) is 6.34. The number of aliphatic imine (C=N–C) groups is 1. The Morgan fingerprint density at radius 2 is 2.10 bits per heavy atom. The number of pyridine rings is 1. The van der Waals surface area contributed by atoms with Gasteiger partial charge in [-0.25, -0.2) is 4.98 Å². The molecule has 3 aromatic heterocycles. The summed E-state index contributed by atoms with van der Waals surface area (Å²) in [5, 5.41) is 3.28. The molecule has 0 aliphatic carbocycles. The molecule has 1 aliphatic heterocycles. The zero-order valence-electron chi connectivity index (χ0n) is 10.9. The first kappa shape index (κ1) is 11.1. The predicted molar refractivity (Wildman–Crippen MR) is 76.6 cm³/mol. The van der Waals surface area contributed by atoms with Crippen molar-refractivity contribution in [1.82, 2.24) is 19.5 Å². The SMILES string of the molecule is Cn1ccc2ncc(NC3=NCc4nccnc43)cc21. The lowest BCUT2D eigenvalue weighted by atomic mass is 10.3. The molecule has 0 fully saturated rings. The van der Waals surface area contributed by atoms with Gasteiger partial charge in [0.1, 0.15) is 5.69 Å². The van der Waals surface area contributed by atoms with Crippen LogP contribution in [0.15, 0.2) is 41.9 Å². The molecular formula is C14H12N6. The maximum atomic E-state index is 4.44. The monoisotopic (exact) mass is 264 g/mol. The minimum absolute atomic E-state index is 0.575. The van der Waals surface area contributed by atoms with Crippen molar-refractivity contribution in [3.8, 4) is 0 Å². The minimum Gasteiger partial charge on any atom is -0.349 e. The molecule has 0 saturated carbocycles. The molecule has 0 aromatic carbocycles. The van der Waals surface area contributed by atoms with Gasteiger partial charge in [-0.05, 0) is 12.1 Å². The number of rotatable bonds is 1. The van der Waals surface area contributed by atoms with Crippen LogP contribution in [-0.4, -0.2) is 25.4 Å². The molecule has 0 spiro atoms. The molecule has 1 aliphatic rings. The Hall–Kier alpha value is -2.76. The Kier molecular flexibility index (Phi) is 2.29. The predicted octanol–water partition coefficient (Wildman–Crippen LogP) is 1.74. The van der Waals surface area contributed by atoms with E-state index in [1.807, 2.05) is 23.9 Å². The van der Waals surface area contributed by atoms with E-state index in [2.05, 4.69) is 31.3 Å². The van der Waals surface area contributed by atoms with E-state index in [1.165, 1.54) is 0 Å². The molecule has 3 aromatic rings. The van der Waals surface area contributed by atoms with Gasteiger partial charge in [0.2, 0.25) is 0 Å². The highest BCUT2D eigenvalue weighted by atomic mass is 15.1. The highest BCUT2D eigenvalue weighted by molar-refractivity contribution is 6.09. The number of hydrogen-bond acceptors (Lipinski definition) is 5. The quantitative estimate of drug-likeness (QED) is 0.727. The van der Waals surface area contributed by atoms with Crippen molar-refractivity contribution in [1.29, 1.82) is 0 Å². The zero-order chi connectivity index (χ0) is 13.5. The molecule has 0 atom stereocenters. The second kappa shape index (κ2) is 4.12. The molecular weight excluding hydrogens is 252 g/mol. The van der Waals surface area contributed by atoms with Crippen LogP contribution in [0, 0.1) is 0 Å². The maximum absolute atomic E-state index is 4.44. The summed E-state index contributed by atoms with van der Waals surface area (Å²) in [7, 11) is 2.00. The molecule has 98 valence electrons. The minimum atomic E-state index is 0.575. The Labute approximate surface area is 115 Å². The molecule has 4 rings (SSSR count). The Morgan fingerprint density at radius 1 is 1.20 bits per heavy atom. The van der Waals surface area contributed by atoms with Gasteiger partial charge in [-0.3, -0.25) is 15.0 Å². The largest absolute Gasteiger partial charge is 0.349 e. The third-order valence-corrected chi connectivity index (χ3v) is 3.38. The van der Waals surface area contributed by atoms with E-state index in [1.54, 1.807) is 18.6 Å².